The van der Waals surface area contributed by atoms with Crippen molar-refractivity contribution in [2.24, 2.45) is 5.41 Å². The highest BCUT2D eigenvalue weighted by atomic mass is 16.6. The van der Waals surface area contributed by atoms with Crippen molar-refractivity contribution in [3.63, 3.8) is 0 Å². The molecule has 0 aromatic carbocycles. The van der Waals surface area contributed by atoms with Gasteiger partial charge in [-0.1, -0.05) is 12.8 Å². The average molecular weight is 169 g/mol. The van der Waals surface area contributed by atoms with Crippen molar-refractivity contribution in [1.82, 2.24) is 5.32 Å². The molecule has 2 aliphatic carbocycles. The van der Waals surface area contributed by atoms with Gasteiger partial charge in [0.15, 0.2) is 0 Å². The summed E-state index contributed by atoms with van der Waals surface area (Å²) in [6, 6.07) is 0. The second kappa shape index (κ2) is 2.64. The SMILES string of the molecule is CNC(=O)OC1CC12CCCC2. The van der Waals surface area contributed by atoms with Crippen LogP contribution in [0.25, 0.3) is 0 Å². The first-order chi connectivity index (χ1) is 5.77. The van der Waals surface area contributed by atoms with Gasteiger partial charge in [-0.15, -0.1) is 0 Å². The molecule has 1 amide bonds. The molecule has 2 fully saturated rings. The van der Waals surface area contributed by atoms with E-state index in [2.05, 4.69) is 5.32 Å². The highest BCUT2D eigenvalue weighted by molar-refractivity contribution is 5.67. The minimum atomic E-state index is -0.274. The summed E-state index contributed by atoms with van der Waals surface area (Å²) in [6.45, 7) is 0. The molecule has 0 saturated heterocycles. The van der Waals surface area contributed by atoms with E-state index in [4.69, 9.17) is 4.74 Å². The molecule has 2 aliphatic rings. The topological polar surface area (TPSA) is 38.3 Å². The third-order valence-corrected chi connectivity index (χ3v) is 3.17. The summed E-state index contributed by atoms with van der Waals surface area (Å²) in [6.07, 6.45) is 6.19. The molecule has 0 bridgehead atoms. The fourth-order valence-corrected chi connectivity index (χ4v) is 2.27. The summed E-state index contributed by atoms with van der Waals surface area (Å²) >= 11 is 0. The molecule has 68 valence electrons. The second-order valence-corrected chi connectivity index (χ2v) is 3.92. The van der Waals surface area contributed by atoms with Crippen LogP contribution in [0.4, 0.5) is 4.79 Å². The van der Waals surface area contributed by atoms with Crippen LogP contribution in [0.3, 0.4) is 0 Å². The van der Waals surface area contributed by atoms with Gasteiger partial charge in [0, 0.05) is 12.5 Å². The molecule has 2 rings (SSSR count). The number of carbonyl (C=O) groups excluding carboxylic acids is 1. The Morgan fingerprint density at radius 2 is 2.17 bits per heavy atom. The predicted molar refractivity (Wildman–Crippen MR) is 44.8 cm³/mol. The van der Waals surface area contributed by atoms with Crippen LogP contribution >= 0.6 is 0 Å². The van der Waals surface area contributed by atoms with E-state index in [0.717, 1.165) is 6.42 Å². The number of hydrogen-bond donors (Lipinski definition) is 1. The zero-order valence-corrected chi connectivity index (χ0v) is 7.43. The first kappa shape index (κ1) is 7.90. The third kappa shape index (κ3) is 1.17. The quantitative estimate of drug-likeness (QED) is 0.648. The standard InChI is InChI=1S/C9H15NO2/c1-10-8(11)12-7-6-9(7)4-2-3-5-9/h7H,2-6H2,1H3,(H,10,11). The van der Waals surface area contributed by atoms with Crippen LogP contribution in [0.15, 0.2) is 0 Å². The van der Waals surface area contributed by atoms with Gasteiger partial charge >= 0.3 is 6.09 Å². The van der Waals surface area contributed by atoms with Crippen LogP contribution in [-0.4, -0.2) is 19.2 Å². The van der Waals surface area contributed by atoms with Gasteiger partial charge in [0.25, 0.3) is 0 Å². The summed E-state index contributed by atoms with van der Waals surface area (Å²) in [7, 11) is 1.60. The fraction of sp³-hybridized carbons (Fsp3) is 0.889. The molecule has 12 heavy (non-hydrogen) atoms. The molecule has 3 nitrogen and oxygen atoms in total. The summed E-state index contributed by atoms with van der Waals surface area (Å²) in [5.41, 5.74) is 0.409. The lowest BCUT2D eigenvalue weighted by molar-refractivity contribution is 0.124. The summed E-state index contributed by atoms with van der Waals surface area (Å²) in [5.74, 6) is 0. The van der Waals surface area contributed by atoms with Crippen LogP contribution in [0.2, 0.25) is 0 Å². The van der Waals surface area contributed by atoms with Crippen molar-refractivity contribution in [1.29, 1.82) is 0 Å². The number of rotatable bonds is 1. The van der Waals surface area contributed by atoms with Crippen molar-refractivity contribution >= 4 is 6.09 Å². The Morgan fingerprint density at radius 3 is 2.75 bits per heavy atom. The number of nitrogens with one attached hydrogen (secondary N) is 1. The Morgan fingerprint density at radius 1 is 1.50 bits per heavy atom. The van der Waals surface area contributed by atoms with Crippen LogP contribution in [0.1, 0.15) is 32.1 Å². The molecule has 2 saturated carbocycles. The number of ether oxygens (including phenoxy) is 1. The average Bonchev–Trinajstić information content (AvgIpc) is 2.51. The fourth-order valence-electron chi connectivity index (χ4n) is 2.27. The van der Waals surface area contributed by atoms with E-state index >= 15 is 0 Å². The normalized spacial score (nSPS) is 30.2. The third-order valence-electron chi connectivity index (χ3n) is 3.17. The second-order valence-electron chi connectivity index (χ2n) is 3.92. The van der Waals surface area contributed by atoms with Crippen LogP contribution in [0.5, 0.6) is 0 Å². The van der Waals surface area contributed by atoms with Crippen molar-refractivity contribution in [3.8, 4) is 0 Å². The zero-order chi connectivity index (χ0) is 8.60. The van der Waals surface area contributed by atoms with E-state index in [1.165, 1.54) is 25.7 Å². The van der Waals surface area contributed by atoms with E-state index in [1.54, 1.807) is 7.05 Å². The van der Waals surface area contributed by atoms with Crippen molar-refractivity contribution in [3.05, 3.63) is 0 Å². The largest absolute Gasteiger partial charge is 0.446 e. The number of amides is 1. The molecule has 1 N–H and O–H groups in total. The zero-order valence-electron chi connectivity index (χ0n) is 7.43. The highest BCUT2D eigenvalue weighted by Crippen LogP contribution is 2.59. The van der Waals surface area contributed by atoms with Crippen molar-refractivity contribution in [2.45, 2.75) is 38.2 Å². The summed E-state index contributed by atoms with van der Waals surface area (Å²) in [5, 5.41) is 2.48. The molecule has 1 unspecified atom stereocenters. The van der Waals surface area contributed by atoms with E-state index in [-0.39, 0.29) is 12.2 Å². The number of hydrogen-bond acceptors (Lipinski definition) is 2. The maximum Gasteiger partial charge on any atom is 0.407 e. The molecule has 0 aromatic heterocycles. The first-order valence-corrected chi connectivity index (χ1v) is 4.65. The van der Waals surface area contributed by atoms with Gasteiger partial charge in [-0.05, 0) is 19.3 Å². The Balaban J connectivity index is 1.83. The van der Waals surface area contributed by atoms with E-state index in [9.17, 15) is 4.79 Å². The van der Waals surface area contributed by atoms with Crippen LogP contribution in [0, 0.1) is 5.41 Å². The lowest BCUT2D eigenvalue weighted by atomic mass is 10.1. The van der Waals surface area contributed by atoms with Crippen LogP contribution < -0.4 is 5.32 Å². The maximum absolute atomic E-state index is 10.9. The van der Waals surface area contributed by atoms with E-state index < -0.39 is 0 Å². The maximum atomic E-state index is 10.9. The van der Waals surface area contributed by atoms with Crippen molar-refractivity contribution in [2.75, 3.05) is 7.05 Å². The molecule has 0 radical (unpaired) electrons. The molecular formula is C9H15NO2. The van der Waals surface area contributed by atoms with Crippen LogP contribution in [-0.2, 0) is 4.74 Å². The molecule has 0 aliphatic heterocycles. The lowest BCUT2D eigenvalue weighted by Gasteiger charge is -2.07. The number of alkyl carbamates (subject to hydrolysis) is 1. The summed E-state index contributed by atoms with van der Waals surface area (Å²) in [4.78, 5) is 10.9. The molecular weight excluding hydrogens is 154 g/mol. The van der Waals surface area contributed by atoms with Gasteiger partial charge in [-0.25, -0.2) is 4.79 Å². The molecule has 0 heterocycles. The predicted octanol–water partition coefficient (Wildman–Crippen LogP) is 1.68. The lowest BCUT2D eigenvalue weighted by Crippen LogP contribution is -2.22. The van der Waals surface area contributed by atoms with E-state index in [1.807, 2.05) is 0 Å². The summed E-state index contributed by atoms with van der Waals surface area (Å²) < 4.78 is 5.20. The van der Waals surface area contributed by atoms with Gasteiger partial charge in [-0.2, -0.15) is 0 Å². The molecule has 1 spiro atoms. The Kier molecular flexibility index (Phi) is 1.74. The number of carbonyl (C=O) groups is 1. The monoisotopic (exact) mass is 169 g/mol. The van der Waals surface area contributed by atoms with Gasteiger partial charge in [0.05, 0.1) is 0 Å². The minimum absolute atomic E-state index is 0.222. The molecule has 3 heteroatoms. The van der Waals surface area contributed by atoms with E-state index in [0.29, 0.717) is 5.41 Å². The smallest absolute Gasteiger partial charge is 0.407 e. The van der Waals surface area contributed by atoms with Gasteiger partial charge in [-0.3, -0.25) is 0 Å². The molecule has 1 atom stereocenters. The van der Waals surface area contributed by atoms with Gasteiger partial charge in [0.1, 0.15) is 6.10 Å². The van der Waals surface area contributed by atoms with Gasteiger partial charge < -0.3 is 10.1 Å². The Bertz CT molecular complexity index is 197. The highest BCUT2D eigenvalue weighted by Gasteiger charge is 2.57. The van der Waals surface area contributed by atoms with Crippen molar-refractivity contribution < 1.29 is 9.53 Å². The first-order valence-electron chi connectivity index (χ1n) is 4.65. The molecule has 0 aromatic rings. The minimum Gasteiger partial charge on any atom is -0.446 e. The van der Waals surface area contributed by atoms with Gasteiger partial charge in [0.2, 0.25) is 0 Å². The Labute approximate surface area is 72.5 Å². The Hall–Kier alpha value is -0.730.